The summed E-state index contributed by atoms with van der Waals surface area (Å²) in [6.45, 7) is 5.86. The van der Waals surface area contributed by atoms with Crippen LogP contribution in [0.15, 0.2) is 24.5 Å². The summed E-state index contributed by atoms with van der Waals surface area (Å²) in [7, 11) is 0. The van der Waals surface area contributed by atoms with Crippen molar-refractivity contribution in [3.63, 3.8) is 0 Å². The molecule has 0 aliphatic rings. The van der Waals surface area contributed by atoms with Crippen LogP contribution in [0.2, 0.25) is 0 Å². The van der Waals surface area contributed by atoms with Crippen molar-refractivity contribution in [3.05, 3.63) is 41.2 Å². The third kappa shape index (κ3) is 2.25. The van der Waals surface area contributed by atoms with E-state index < -0.39 is 0 Å². The van der Waals surface area contributed by atoms with Gasteiger partial charge in [0.05, 0.1) is 12.2 Å². The molecule has 0 spiro atoms. The third-order valence-corrected chi connectivity index (χ3v) is 3.02. The van der Waals surface area contributed by atoms with E-state index in [-0.39, 0.29) is 6.04 Å². The van der Waals surface area contributed by atoms with Gasteiger partial charge in [0.25, 0.3) is 0 Å². The van der Waals surface area contributed by atoms with Gasteiger partial charge in [-0.3, -0.25) is 5.10 Å². The van der Waals surface area contributed by atoms with Crippen LogP contribution in [-0.2, 0) is 0 Å². The zero-order valence-electron chi connectivity index (χ0n) is 10.3. The van der Waals surface area contributed by atoms with Crippen LogP contribution in [0.5, 0.6) is 5.75 Å². The highest BCUT2D eigenvalue weighted by Gasteiger charge is 2.10. The number of nitrogens with zero attached hydrogens (tertiary/aromatic N) is 1. The molecule has 1 aromatic carbocycles. The molecule has 3 N–H and O–H groups in total. The zero-order chi connectivity index (χ0) is 12.4. The van der Waals surface area contributed by atoms with Crippen molar-refractivity contribution in [3.8, 4) is 5.75 Å². The molecule has 0 radical (unpaired) electrons. The van der Waals surface area contributed by atoms with Crippen molar-refractivity contribution >= 4 is 5.69 Å². The zero-order valence-corrected chi connectivity index (χ0v) is 10.3. The lowest BCUT2D eigenvalue weighted by molar-refractivity contribution is 0.467. The first-order valence-electron chi connectivity index (χ1n) is 5.64. The molecule has 0 saturated carbocycles. The number of aromatic nitrogens is 2. The maximum atomic E-state index is 9.87. The summed E-state index contributed by atoms with van der Waals surface area (Å²) in [5, 5.41) is 19.9. The minimum atomic E-state index is 0.148. The molecule has 1 heterocycles. The molecule has 0 amide bonds. The minimum absolute atomic E-state index is 0.148. The normalized spacial score (nSPS) is 12.4. The molecule has 0 fully saturated rings. The van der Waals surface area contributed by atoms with Crippen LogP contribution >= 0.6 is 0 Å². The average Bonchev–Trinajstić information content (AvgIpc) is 2.83. The number of H-pyrrole nitrogens is 1. The van der Waals surface area contributed by atoms with Gasteiger partial charge in [0, 0.05) is 23.0 Å². The van der Waals surface area contributed by atoms with E-state index in [9.17, 15) is 5.11 Å². The molecule has 1 aromatic heterocycles. The molecule has 2 rings (SSSR count). The van der Waals surface area contributed by atoms with Crippen molar-refractivity contribution < 1.29 is 5.11 Å². The van der Waals surface area contributed by atoms with E-state index in [0.717, 1.165) is 22.4 Å². The number of aromatic hydroxyl groups is 1. The van der Waals surface area contributed by atoms with Gasteiger partial charge in [-0.25, -0.2) is 0 Å². The monoisotopic (exact) mass is 231 g/mol. The van der Waals surface area contributed by atoms with Crippen molar-refractivity contribution in [2.45, 2.75) is 26.8 Å². The van der Waals surface area contributed by atoms with E-state index in [4.69, 9.17) is 0 Å². The Morgan fingerprint density at radius 3 is 2.76 bits per heavy atom. The first-order chi connectivity index (χ1) is 8.09. The number of nitrogens with one attached hydrogen (secondary N) is 2. The molecule has 4 nitrogen and oxygen atoms in total. The predicted molar refractivity (Wildman–Crippen MR) is 68.2 cm³/mol. The molecule has 0 bridgehead atoms. The van der Waals surface area contributed by atoms with Crippen LogP contribution < -0.4 is 5.32 Å². The molecule has 17 heavy (non-hydrogen) atoms. The van der Waals surface area contributed by atoms with E-state index in [1.54, 1.807) is 6.20 Å². The van der Waals surface area contributed by atoms with Gasteiger partial charge in [0.1, 0.15) is 5.75 Å². The molecule has 0 aliphatic carbocycles. The van der Waals surface area contributed by atoms with Gasteiger partial charge < -0.3 is 10.4 Å². The van der Waals surface area contributed by atoms with Crippen LogP contribution in [0.4, 0.5) is 5.69 Å². The smallest absolute Gasteiger partial charge is 0.123 e. The second-order valence-corrected chi connectivity index (χ2v) is 4.30. The van der Waals surface area contributed by atoms with Gasteiger partial charge in [-0.05, 0) is 32.4 Å². The van der Waals surface area contributed by atoms with Gasteiger partial charge in [-0.15, -0.1) is 0 Å². The predicted octanol–water partition coefficient (Wildman–Crippen LogP) is 2.91. The quantitative estimate of drug-likeness (QED) is 0.761. The summed E-state index contributed by atoms with van der Waals surface area (Å²) in [6, 6.07) is 4.04. The van der Waals surface area contributed by atoms with Crippen LogP contribution in [0, 0.1) is 13.8 Å². The van der Waals surface area contributed by atoms with Crippen molar-refractivity contribution in [1.29, 1.82) is 0 Å². The fourth-order valence-corrected chi connectivity index (χ4v) is 1.81. The summed E-state index contributed by atoms with van der Waals surface area (Å²) in [6.07, 6.45) is 3.65. The van der Waals surface area contributed by atoms with Crippen LogP contribution in [0.1, 0.15) is 29.7 Å². The largest absolute Gasteiger partial charge is 0.507 e. The average molecular weight is 231 g/mol. The van der Waals surface area contributed by atoms with Crippen molar-refractivity contribution in [1.82, 2.24) is 10.2 Å². The number of benzene rings is 1. The SMILES string of the molecule is Cc1ccc(NC(C)c2cn[nH]c2)c(C)c1O. The lowest BCUT2D eigenvalue weighted by atomic mass is 10.1. The Kier molecular flexibility index (Phi) is 3.04. The summed E-state index contributed by atoms with van der Waals surface area (Å²) >= 11 is 0. The molecule has 1 atom stereocenters. The van der Waals surface area contributed by atoms with E-state index in [2.05, 4.69) is 22.4 Å². The minimum Gasteiger partial charge on any atom is -0.507 e. The number of hydrogen-bond acceptors (Lipinski definition) is 3. The van der Waals surface area contributed by atoms with E-state index in [0.29, 0.717) is 5.75 Å². The number of phenols is 1. The van der Waals surface area contributed by atoms with Gasteiger partial charge in [-0.2, -0.15) is 5.10 Å². The van der Waals surface area contributed by atoms with Gasteiger partial charge in [-0.1, -0.05) is 6.07 Å². The summed E-state index contributed by atoms with van der Waals surface area (Å²) in [5.41, 5.74) is 3.80. The molecular weight excluding hydrogens is 214 g/mol. The molecule has 0 aliphatic heterocycles. The topological polar surface area (TPSA) is 60.9 Å². The van der Waals surface area contributed by atoms with Crippen LogP contribution in [0.25, 0.3) is 0 Å². The van der Waals surface area contributed by atoms with Crippen LogP contribution in [-0.4, -0.2) is 15.3 Å². The van der Waals surface area contributed by atoms with Crippen molar-refractivity contribution in [2.75, 3.05) is 5.32 Å². The highest BCUT2D eigenvalue weighted by Crippen LogP contribution is 2.30. The highest BCUT2D eigenvalue weighted by atomic mass is 16.3. The molecule has 2 aromatic rings. The van der Waals surface area contributed by atoms with Crippen LogP contribution in [0.3, 0.4) is 0 Å². The molecule has 4 heteroatoms. The standard InChI is InChI=1S/C13H17N3O/c1-8-4-5-12(9(2)13(8)17)16-10(3)11-6-14-15-7-11/h4-7,10,16-17H,1-3H3,(H,14,15). The molecular formula is C13H17N3O. The Labute approximate surface area is 101 Å². The number of aryl methyl sites for hydroxylation is 1. The van der Waals surface area contributed by atoms with Gasteiger partial charge in [0.15, 0.2) is 0 Å². The third-order valence-electron chi connectivity index (χ3n) is 3.02. The second kappa shape index (κ2) is 4.49. The maximum Gasteiger partial charge on any atom is 0.123 e. The van der Waals surface area contributed by atoms with Gasteiger partial charge in [0.2, 0.25) is 0 Å². The van der Waals surface area contributed by atoms with Crippen molar-refractivity contribution in [2.24, 2.45) is 0 Å². The maximum absolute atomic E-state index is 9.87. The summed E-state index contributed by atoms with van der Waals surface area (Å²) in [4.78, 5) is 0. The first kappa shape index (κ1) is 11.5. The highest BCUT2D eigenvalue weighted by molar-refractivity contribution is 5.59. The summed E-state index contributed by atoms with van der Waals surface area (Å²) in [5.74, 6) is 0.356. The fourth-order valence-electron chi connectivity index (χ4n) is 1.81. The number of phenolic OH excluding ortho intramolecular Hbond substituents is 1. The fraction of sp³-hybridized carbons (Fsp3) is 0.308. The molecule has 0 saturated heterocycles. The molecule has 1 unspecified atom stereocenters. The number of rotatable bonds is 3. The Balaban J connectivity index is 2.22. The Morgan fingerprint density at radius 1 is 1.35 bits per heavy atom. The number of aromatic amines is 1. The Hall–Kier alpha value is -1.97. The first-order valence-corrected chi connectivity index (χ1v) is 5.64. The Morgan fingerprint density at radius 2 is 2.12 bits per heavy atom. The Bertz CT molecular complexity index is 506. The van der Waals surface area contributed by atoms with Gasteiger partial charge >= 0.3 is 0 Å². The lowest BCUT2D eigenvalue weighted by Crippen LogP contribution is -2.07. The number of hydrogen-bond donors (Lipinski definition) is 3. The van der Waals surface area contributed by atoms with E-state index >= 15 is 0 Å². The van der Waals surface area contributed by atoms with E-state index in [1.807, 2.05) is 32.2 Å². The summed E-state index contributed by atoms with van der Waals surface area (Å²) < 4.78 is 0. The number of anilines is 1. The van der Waals surface area contributed by atoms with E-state index in [1.165, 1.54) is 0 Å². The lowest BCUT2D eigenvalue weighted by Gasteiger charge is -2.17. The molecule has 90 valence electrons. The second-order valence-electron chi connectivity index (χ2n) is 4.30.